The van der Waals surface area contributed by atoms with Crippen LogP contribution < -0.4 is 10.6 Å². The molecule has 2 amide bonds. The Balaban J connectivity index is 1.56. The molecule has 0 heterocycles. The van der Waals surface area contributed by atoms with Gasteiger partial charge in [-0.1, -0.05) is 69.3 Å². The van der Waals surface area contributed by atoms with Crippen molar-refractivity contribution in [2.45, 2.75) is 45.6 Å². The molecule has 7 heteroatoms. The summed E-state index contributed by atoms with van der Waals surface area (Å²) < 4.78 is 5.51. The maximum Gasteiger partial charge on any atom is 0.407 e. The van der Waals surface area contributed by atoms with Gasteiger partial charge in [-0.2, -0.15) is 0 Å². The van der Waals surface area contributed by atoms with Crippen LogP contribution in [0.4, 0.5) is 4.79 Å². The summed E-state index contributed by atoms with van der Waals surface area (Å²) in [6, 6.07) is 15.3. The smallest absolute Gasteiger partial charge is 0.407 e. The molecule has 0 spiro atoms. The van der Waals surface area contributed by atoms with Crippen molar-refractivity contribution >= 4 is 18.0 Å². The Morgan fingerprint density at radius 3 is 2.09 bits per heavy atom. The molecule has 0 saturated carbocycles. The van der Waals surface area contributed by atoms with E-state index in [9.17, 15) is 19.5 Å². The Morgan fingerprint density at radius 2 is 1.58 bits per heavy atom. The first-order chi connectivity index (χ1) is 15.8. The summed E-state index contributed by atoms with van der Waals surface area (Å²) in [5, 5.41) is 14.6. The molecule has 33 heavy (non-hydrogen) atoms. The molecular weight excluding hydrogens is 420 g/mol. The van der Waals surface area contributed by atoms with E-state index >= 15 is 0 Å². The minimum atomic E-state index is -0.943. The third-order valence-electron chi connectivity index (χ3n) is 5.99. The van der Waals surface area contributed by atoms with Gasteiger partial charge in [-0.3, -0.25) is 9.59 Å². The van der Waals surface area contributed by atoms with Crippen molar-refractivity contribution in [1.82, 2.24) is 10.6 Å². The molecule has 0 bridgehead atoms. The van der Waals surface area contributed by atoms with Crippen LogP contribution in [-0.4, -0.2) is 42.3 Å². The minimum Gasteiger partial charge on any atom is -0.481 e. The Bertz CT molecular complexity index is 958. The maximum absolute atomic E-state index is 12.5. The van der Waals surface area contributed by atoms with E-state index in [-0.39, 0.29) is 25.0 Å². The van der Waals surface area contributed by atoms with Gasteiger partial charge in [0.1, 0.15) is 12.6 Å². The SMILES string of the molecule is CC[C@H](NC(=O)OCC1c2ccccc2-c2ccccc21)C(=O)NCC(CC(C)C)C(=O)O. The number of amides is 2. The largest absolute Gasteiger partial charge is 0.481 e. The number of carbonyl (C=O) groups is 3. The topological polar surface area (TPSA) is 105 Å². The summed E-state index contributed by atoms with van der Waals surface area (Å²) in [5.74, 6) is -1.89. The lowest BCUT2D eigenvalue weighted by Crippen LogP contribution is -2.48. The summed E-state index contributed by atoms with van der Waals surface area (Å²) >= 11 is 0. The third-order valence-corrected chi connectivity index (χ3v) is 5.99. The number of aliphatic carboxylic acids is 1. The molecule has 0 radical (unpaired) electrons. The van der Waals surface area contributed by atoms with Gasteiger partial charge in [-0.25, -0.2) is 4.79 Å². The van der Waals surface area contributed by atoms with Crippen LogP contribution in [0.2, 0.25) is 0 Å². The lowest BCUT2D eigenvalue weighted by atomic mass is 9.97. The summed E-state index contributed by atoms with van der Waals surface area (Å²) in [4.78, 5) is 36.4. The predicted molar refractivity (Wildman–Crippen MR) is 126 cm³/mol. The van der Waals surface area contributed by atoms with Crippen LogP contribution >= 0.6 is 0 Å². The van der Waals surface area contributed by atoms with E-state index in [4.69, 9.17) is 4.74 Å². The second-order valence-corrected chi connectivity index (χ2v) is 8.84. The number of carbonyl (C=O) groups excluding carboxylic acids is 2. The first kappa shape index (κ1) is 24.3. The monoisotopic (exact) mass is 452 g/mol. The highest BCUT2D eigenvalue weighted by molar-refractivity contribution is 5.86. The van der Waals surface area contributed by atoms with E-state index < -0.39 is 29.9 Å². The normalized spacial score (nSPS) is 14.2. The van der Waals surface area contributed by atoms with Crippen molar-refractivity contribution in [3.63, 3.8) is 0 Å². The van der Waals surface area contributed by atoms with Crippen LogP contribution in [0.15, 0.2) is 48.5 Å². The number of alkyl carbamates (subject to hydrolysis) is 1. The number of hydrogen-bond donors (Lipinski definition) is 3. The van der Waals surface area contributed by atoms with Gasteiger partial charge in [0.05, 0.1) is 5.92 Å². The molecule has 7 nitrogen and oxygen atoms in total. The number of hydrogen-bond acceptors (Lipinski definition) is 4. The lowest BCUT2D eigenvalue weighted by molar-refractivity contribution is -0.142. The third kappa shape index (κ3) is 5.92. The molecule has 2 aromatic rings. The second kappa shape index (κ2) is 11.0. The molecule has 176 valence electrons. The van der Waals surface area contributed by atoms with Crippen molar-refractivity contribution in [2.75, 3.05) is 13.2 Å². The van der Waals surface area contributed by atoms with E-state index in [0.29, 0.717) is 12.8 Å². The van der Waals surface area contributed by atoms with Gasteiger partial charge in [0.15, 0.2) is 0 Å². The number of carboxylic acid groups (broad SMARTS) is 1. The number of benzene rings is 2. The van der Waals surface area contributed by atoms with Crippen molar-refractivity contribution in [3.8, 4) is 11.1 Å². The quantitative estimate of drug-likeness (QED) is 0.502. The summed E-state index contributed by atoms with van der Waals surface area (Å²) in [7, 11) is 0. The van der Waals surface area contributed by atoms with E-state index in [1.54, 1.807) is 6.92 Å². The van der Waals surface area contributed by atoms with Gasteiger partial charge in [0.2, 0.25) is 5.91 Å². The minimum absolute atomic E-state index is 0.0230. The van der Waals surface area contributed by atoms with Gasteiger partial charge < -0.3 is 20.5 Å². The van der Waals surface area contributed by atoms with Gasteiger partial charge in [0.25, 0.3) is 0 Å². The zero-order valence-electron chi connectivity index (χ0n) is 19.3. The van der Waals surface area contributed by atoms with E-state index in [1.165, 1.54) is 0 Å². The summed E-state index contributed by atoms with van der Waals surface area (Å²) in [5.41, 5.74) is 4.51. The van der Waals surface area contributed by atoms with Crippen molar-refractivity contribution in [3.05, 3.63) is 59.7 Å². The van der Waals surface area contributed by atoms with E-state index in [0.717, 1.165) is 22.3 Å². The molecule has 2 atom stereocenters. The number of ether oxygens (including phenoxy) is 1. The highest BCUT2D eigenvalue weighted by Crippen LogP contribution is 2.44. The zero-order valence-corrected chi connectivity index (χ0v) is 19.3. The van der Waals surface area contributed by atoms with Crippen LogP contribution in [0.1, 0.15) is 50.7 Å². The highest BCUT2D eigenvalue weighted by Gasteiger charge is 2.30. The Labute approximate surface area is 194 Å². The van der Waals surface area contributed by atoms with E-state index in [1.807, 2.05) is 50.2 Å². The Kier molecular flexibility index (Phi) is 8.09. The van der Waals surface area contributed by atoms with Gasteiger partial charge in [0, 0.05) is 12.5 Å². The van der Waals surface area contributed by atoms with Gasteiger partial charge >= 0.3 is 12.1 Å². The standard InChI is InChI=1S/C26H32N2O5/c1-4-23(24(29)27-14-17(25(30)31)13-16(2)3)28-26(32)33-15-22-20-11-7-5-9-18(20)19-10-6-8-12-21(19)22/h5-12,16-17,22-23H,4,13-15H2,1-3H3,(H,27,29)(H,28,32)(H,30,31)/t17?,23-/m0/s1. The van der Waals surface area contributed by atoms with Gasteiger partial charge in [-0.15, -0.1) is 0 Å². The van der Waals surface area contributed by atoms with Crippen LogP contribution in [0, 0.1) is 11.8 Å². The van der Waals surface area contributed by atoms with Crippen LogP contribution in [0.5, 0.6) is 0 Å². The zero-order chi connectivity index (χ0) is 24.0. The average Bonchev–Trinajstić information content (AvgIpc) is 3.12. The van der Waals surface area contributed by atoms with Crippen LogP contribution in [-0.2, 0) is 14.3 Å². The van der Waals surface area contributed by atoms with Crippen LogP contribution in [0.25, 0.3) is 11.1 Å². The fourth-order valence-corrected chi connectivity index (χ4v) is 4.32. The number of fused-ring (bicyclic) bond motifs is 3. The number of carboxylic acids is 1. The molecular formula is C26H32N2O5. The van der Waals surface area contributed by atoms with Crippen molar-refractivity contribution < 1.29 is 24.2 Å². The molecule has 3 rings (SSSR count). The Hall–Kier alpha value is -3.35. The fourth-order valence-electron chi connectivity index (χ4n) is 4.32. The van der Waals surface area contributed by atoms with Crippen molar-refractivity contribution in [2.24, 2.45) is 11.8 Å². The average molecular weight is 453 g/mol. The highest BCUT2D eigenvalue weighted by atomic mass is 16.5. The molecule has 0 saturated heterocycles. The molecule has 3 N–H and O–H groups in total. The molecule has 1 aliphatic carbocycles. The summed E-state index contributed by atoms with van der Waals surface area (Å²) in [6.45, 7) is 5.83. The fraction of sp³-hybridized carbons (Fsp3) is 0.423. The first-order valence-corrected chi connectivity index (χ1v) is 11.4. The predicted octanol–water partition coefficient (Wildman–Crippen LogP) is 4.17. The van der Waals surface area contributed by atoms with Crippen LogP contribution in [0.3, 0.4) is 0 Å². The molecule has 0 fully saturated rings. The maximum atomic E-state index is 12.5. The van der Waals surface area contributed by atoms with Crippen molar-refractivity contribution in [1.29, 1.82) is 0 Å². The molecule has 2 aromatic carbocycles. The van der Waals surface area contributed by atoms with E-state index in [2.05, 4.69) is 22.8 Å². The molecule has 1 unspecified atom stereocenters. The molecule has 0 aliphatic heterocycles. The number of nitrogens with one attached hydrogen (secondary N) is 2. The summed E-state index contributed by atoms with van der Waals surface area (Å²) in [6.07, 6.45) is 0.153. The second-order valence-electron chi connectivity index (χ2n) is 8.84. The molecule has 1 aliphatic rings. The number of rotatable bonds is 10. The van der Waals surface area contributed by atoms with Gasteiger partial charge in [-0.05, 0) is 41.0 Å². The Morgan fingerprint density at radius 1 is 1.00 bits per heavy atom. The molecule has 0 aromatic heterocycles. The first-order valence-electron chi connectivity index (χ1n) is 11.4. The lowest BCUT2D eigenvalue weighted by Gasteiger charge is -2.20.